The maximum atomic E-state index is 12.8. The molecular formula is C17H22N4O3S3. The number of carbonyl (C=O) groups excluding carboxylic acids is 1. The van der Waals surface area contributed by atoms with Crippen molar-refractivity contribution < 1.29 is 13.2 Å². The molecule has 1 aromatic carbocycles. The number of amides is 1. The Morgan fingerprint density at radius 3 is 2.78 bits per heavy atom. The van der Waals surface area contributed by atoms with E-state index in [9.17, 15) is 13.2 Å². The highest BCUT2D eigenvalue weighted by molar-refractivity contribution is 8.01. The van der Waals surface area contributed by atoms with Crippen molar-refractivity contribution in [2.75, 3.05) is 21.6 Å². The molecule has 0 fully saturated rings. The zero-order chi connectivity index (χ0) is 20.0. The molecule has 0 saturated carbocycles. The summed E-state index contributed by atoms with van der Waals surface area (Å²) in [5.74, 6) is 0.246. The minimum Gasteiger partial charge on any atom is -0.299 e. The van der Waals surface area contributed by atoms with Crippen LogP contribution in [0.1, 0.15) is 18.9 Å². The summed E-state index contributed by atoms with van der Waals surface area (Å²) in [4.78, 5) is 12.8. The van der Waals surface area contributed by atoms with Gasteiger partial charge in [0.2, 0.25) is 21.1 Å². The molecule has 146 valence electrons. The van der Waals surface area contributed by atoms with E-state index in [1.165, 1.54) is 23.1 Å². The van der Waals surface area contributed by atoms with Crippen molar-refractivity contribution >= 4 is 49.8 Å². The molecule has 1 N–H and O–H groups in total. The third-order valence-corrected chi connectivity index (χ3v) is 6.69. The number of rotatable bonds is 9. The van der Waals surface area contributed by atoms with Gasteiger partial charge in [0.25, 0.3) is 0 Å². The number of nitrogens with zero attached hydrogens (tertiary/aromatic N) is 3. The van der Waals surface area contributed by atoms with Gasteiger partial charge >= 0.3 is 0 Å². The normalized spacial score (nSPS) is 12.4. The number of sulfonamides is 1. The Balaban J connectivity index is 2.26. The fourth-order valence-electron chi connectivity index (χ4n) is 2.46. The number of hydrogen-bond acceptors (Lipinski definition) is 7. The van der Waals surface area contributed by atoms with Gasteiger partial charge in [-0.1, -0.05) is 48.2 Å². The summed E-state index contributed by atoms with van der Waals surface area (Å²) in [5.41, 5.74) is 1.36. The van der Waals surface area contributed by atoms with Gasteiger partial charge in [-0.25, -0.2) is 8.42 Å². The third kappa shape index (κ3) is 5.78. The number of anilines is 2. The maximum Gasteiger partial charge on any atom is 0.250 e. The molecule has 0 aliphatic heterocycles. The number of carbonyl (C=O) groups is 1. The second-order valence-electron chi connectivity index (χ2n) is 5.78. The van der Waals surface area contributed by atoms with Crippen LogP contribution in [-0.2, 0) is 14.8 Å². The molecule has 27 heavy (non-hydrogen) atoms. The molecule has 1 amide bonds. The predicted octanol–water partition coefficient (Wildman–Crippen LogP) is 3.31. The molecule has 1 atom stereocenters. The Kier molecular flexibility index (Phi) is 7.40. The smallest absolute Gasteiger partial charge is 0.250 e. The van der Waals surface area contributed by atoms with Crippen molar-refractivity contribution in [2.45, 2.75) is 30.6 Å². The second kappa shape index (κ2) is 9.34. The summed E-state index contributed by atoms with van der Waals surface area (Å²) in [6.07, 6.45) is 3.16. The van der Waals surface area contributed by atoms with E-state index in [1.807, 2.05) is 13.0 Å². The molecule has 0 bridgehead atoms. The standard InChI is InChI=1S/C17H22N4O3S3/c1-5-10-25-17-20-19-16(26-17)18-15(22)14(6-2)21(27(4,23)24)13-9-7-8-12(3)11-13/h5,7-9,11,14H,1,6,10H2,2-4H3,(H,18,19,22)/t14-/m1/s1. The minimum atomic E-state index is -3.67. The molecule has 0 radical (unpaired) electrons. The fraction of sp³-hybridized carbons (Fsp3) is 0.353. The van der Waals surface area contributed by atoms with Crippen LogP contribution in [0.3, 0.4) is 0 Å². The average molecular weight is 427 g/mol. The predicted molar refractivity (Wildman–Crippen MR) is 112 cm³/mol. The molecule has 1 heterocycles. The highest BCUT2D eigenvalue weighted by Crippen LogP contribution is 2.27. The zero-order valence-electron chi connectivity index (χ0n) is 15.4. The van der Waals surface area contributed by atoms with Gasteiger partial charge in [0.05, 0.1) is 11.9 Å². The maximum absolute atomic E-state index is 12.8. The van der Waals surface area contributed by atoms with E-state index in [0.29, 0.717) is 27.3 Å². The molecule has 0 unspecified atom stereocenters. The van der Waals surface area contributed by atoms with E-state index in [0.717, 1.165) is 16.1 Å². The van der Waals surface area contributed by atoms with Crippen LogP contribution < -0.4 is 9.62 Å². The lowest BCUT2D eigenvalue weighted by Crippen LogP contribution is -2.47. The van der Waals surface area contributed by atoms with Crippen LogP contribution in [0.25, 0.3) is 0 Å². The first-order valence-corrected chi connectivity index (χ1v) is 11.9. The molecule has 7 nitrogen and oxygen atoms in total. The Labute approximate surface area is 167 Å². The summed E-state index contributed by atoms with van der Waals surface area (Å²) in [6, 6.07) is 6.16. The van der Waals surface area contributed by atoms with Gasteiger partial charge < -0.3 is 0 Å². The van der Waals surface area contributed by atoms with Gasteiger partial charge in [-0.3, -0.25) is 14.4 Å². The van der Waals surface area contributed by atoms with Crippen molar-refractivity contribution in [2.24, 2.45) is 0 Å². The van der Waals surface area contributed by atoms with E-state index in [4.69, 9.17) is 0 Å². The molecule has 0 aliphatic rings. The van der Waals surface area contributed by atoms with E-state index in [1.54, 1.807) is 31.2 Å². The molecular weight excluding hydrogens is 404 g/mol. The van der Waals surface area contributed by atoms with E-state index < -0.39 is 22.0 Å². The van der Waals surface area contributed by atoms with Crippen molar-refractivity contribution in [3.63, 3.8) is 0 Å². The molecule has 0 spiro atoms. The number of benzene rings is 1. The molecule has 0 aliphatic carbocycles. The lowest BCUT2D eigenvalue weighted by atomic mass is 10.1. The lowest BCUT2D eigenvalue weighted by Gasteiger charge is -2.30. The van der Waals surface area contributed by atoms with Gasteiger partial charge in [0, 0.05) is 5.75 Å². The number of aryl methyl sites for hydroxylation is 1. The Morgan fingerprint density at radius 2 is 2.19 bits per heavy atom. The second-order valence-corrected chi connectivity index (χ2v) is 9.89. The van der Waals surface area contributed by atoms with Gasteiger partial charge in [0.1, 0.15) is 6.04 Å². The molecule has 0 saturated heterocycles. The lowest BCUT2D eigenvalue weighted by molar-refractivity contribution is -0.117. The van der Waals surface area contributed by atoms with Crippen LogP contribution in [0.4, 0.5) is 10.8 Å². The summed E-state index contributed by atoms with van der Waals surface area (Å²) in [6.45, 7) is 7.28. The number of hydrogen-bond donors (Lipinski definition) is 1. The van der Waals surface area contributed by atoms with Crippen LogP contribution in [0.2, 0.25) is 0 Å². The highest BCUT2D eigenvalue weighted by Gasteiger charge is 2.32. The fourth-order valence-corrected chi connectivity index (χ4v) is 5.18. The first kappa shape index (κ1) is 21.4. The van der Waals surface area contributed by atoms with Gasteiger partial charge in [0.15, 0.2) is 4.34 Å². The highest BCUT2D eigenvalue weighted by atomic mass is 32.2. The summed E-state index contributed by atoms with van der Waals surface area (Å²) in [7, 11) is -3.67. The van der Waals surface area contributed by atoms with Crippen LogP contribution in [0, 0.1) is 6.92 Å². The summed E-state index contributed by atoms with van der Waals surface area (Å²) in [5, 5.41) is 11.0. The van der Waals surface area contributed by atoms with Crippen molar-refractivity contribution in [1.82, 2.24) is 10.2 Å². The minimum absolute atomic E-state index is 0.309. The largest absolute Gasteiger partial charge is 0.299 e. The zero-order valence-corrected chi connectivity index (χ0v) is 17.8. The average Bonchev–Trinajstić information content (AvgIpc) is 3.03. The number of aromatic nitrogens is 2. The summed E-state index contributed by atoms with van der Waals surface area (Å²) < 4.78 is 26.7. The molecule has 10 heteroatoms. The van der Waals surface area contributed by atoms with Crippen LogP contribution >= 0.6 is 23.1 Å². The Morgan fingerprint density at radius 1 is 1.44 bits per heavy atom. The third-order valence-electron chi connectivity index (χ3n) is 3.55. The van der Waals surface area contributed by atoms with Crippen LogP contribution in [-0.4, -0.2) is 42.6 Å². The van der Waals surface area contributed by atoms with Gasteiger partial charge in [-0.2, -0.15) is 0 Å². The van der Waals surface area contributed by atoms with E-state index >= 15 is 0 Å². The van der Waals surface area contributed by atoms with E-state index in [-0.39, 0.29) is 0 Å². The first-order chi connectivity index (χ1) is 12.8. The Bertz CT molecular complexity index is 912. The van der Waals surface area contributed by atoms with Crippen LogP contribution in [0.15, 0.2) is 41.3 Å². The van der Waals surface area contributed by atoms with E-state index in [2.05, 4.69) is 22.1 Å². The van der Waals surface area contributed by atoms with Crippen molar-refractivity contribution in [1.29, 1.82) is 0 Å². The topological polar surface area (TPSA) is 92.3 Å². The number of nitrogens with one attached hydrogen (secondary N) is 1. The molecule has 2 rings (SSSR count). The molecule has 2 aromatic rings. The monoisotopic (exact) mass is 426 g/mol. The quantitative estimate of drug-likeness (QED) is 0.376. The van der Waals surface area contributed by atoms with Crippen LogP contribution in [0.5, 0.6) is 0 Å². The van der Waals surface area contributed by atoms with Crippen molar-refractivity contribution in [3.05, 3.63) is 42.5 Å². The van der Waals surface area contributed by atoms with Crippen molar-refractivity contribution in [3.8, 4) is 0 Å². The SMILES string of the molecule is C=CCSc1nnc(NC(=O)[C@@H](CC)N(c2cccc(C)c2)S(C)(=O)=O)s1. The number of thioether (sulfide) groups is 1. The Hall–Kier alpha value is -1.91. The first-order valence-electron chi connectivity index (χ1n) is 8.20. The van der Waals surface area contributed by atoms with Gasteiger partial charge in [-0.05, 0) is 31.0 Å². The molecule has 1 aromatic heterocycles. The van der Waals surface area contributed by atoms with Gasteiger partial charge in [-0.15, -0.1) is 16.8 Å². The summed E-state index contributed by atoms with van der Waals surface area (Å²) >= 11 is 2.70.